The SMILES string of the molecule is CCCc1nn(C)c(C(=O)OC)c1N. The number of aromatic nitrogens is 2. The fraction of sp³-hybridized carbons (Fsp3) is 0.556. The van der Waals surface area contributed by atoms with Crippen LogP contribution in [0.1, 0.15) is 29.5 Å². The van der Waals surface area contributed by atoms with E-state index in [2.05, 4.69) is 9.84 Å². The van der Waals surface area contributed by atoms with E-state index in [0.29, 0.717) is 11.4 Å². The first-order chi connectivity index (χ1) is 6.61. The minimum Gasteiger partial charge on any atom is -0.464 e. The van der Waals surface area contributed by atoms with Gasteiger partial charge in [0.1, 0.15) is 0 Å². The molecule has 0 aliphatic heterocycles. The van der Waals surface area contributed by atoms with Gasteiger partial charge in [-0.3, -0.25) is 4.68 Å². The van der Waals surface area contributed by atoms with Crippen LogP contribution in [0.15, 0.2) is 0 Å². The van der Waals surface area contributed by atoms with E-state index in [1.807, 2.05) is 6.92 Å². The molecule has 0 bridgehead atoms. The van der Waals surface area contributed by atoms with Gasteiger partial charge in [0.25, 0.3) is 0 Å². The molecule has 1 aromatic rings. The summed E-state index contributed by atoms with van der Waals surface area (Å²) in [6.45, 7) is 2.03. The standard InChI is InChI=1S/C9H15N3O2/c1-4-5-6-7(10)8(9(13)14-3)12(2)11-6/h4-5,10H2,1-3H3. The van der Waals surface area contributed by atoms with E-state index in [9.17, 15) is 4.79 Å². The Morgan fingerprint density at radius 2 is 2.29 bits per heavy atom. The molecule has 14 heavy (non-hydrogen) atoms. The molecule has 0 unspecified atom stereocenters. The molecule has 0 aliphatic rings. The lowest BCUT2D eigenvalue weighted by Crippen LogP contribution is -2.10. The molecule has 1 rings (SSSR count). The molecular weight excluding hydrogens is 182 g/mol. The van der Waals surface area contributed by atoms with Crippen molar-refractivity contribution in [2.75, 3.05) is 12.8 Å². The Bertz CT molecular complexity index is 344. The third kappa shape index (κ3) is 1.71. The maximum absolute atomic E-state index is 11.3. The molecule has 0 aromatic carbocycles. The zero-order valence-corrected chi connectivity index (χ0v) is 8.70. The van der Waals surface area contributed by atoms with Crippen molar-refractivity contribution >= 4 is 11.7 Å². The van der Waals surface area contributed by atoms with Crippen LogP contribution >= 0.6 is 0 Å². The average Bonchev–Trinajstić information content (AvgIpc) is 2.42. The minimum atomic E-state index is -0.445. The molecule has 0 aliphatic carbocycles. The smallest absolute Gasteiger partial charge is 0.358 e. The van der Waals surface area contributed by atoms with Crippen molar-refractivity contribution in [1.29, 1.82) is 0 Å². The number of hydrogen-bond acceptors (Lipinski definition) is 4. The lowest BCUT2D eigenvalue weighted by Gasteiger charge is -1.99. The van der Waals surface area contributed by atoms with Gasteiger partial charge >= 0.3 is 5.97 Å². The van der Waals surface area contributed by atoms with E-state index >= 15 is 0 Å². The Labute approximate surface area is 82.8 Å². The van der Waals surface area contributed by atoms with Crippen LogP contribution in [0.25, 0.3) is 0 Å². The van der Waals surface area contributed by atoms with E-state index in [4.69, 9.17) is 5.73 Å². The zero-order chi connectivity index (χ0) is 10.7. The summed E-state index contributed by atoms with van der Waals surface area (Å²) in [6.07, 6.45) is 1.72. The topological polar surface area (TPSA) is 70.1 Å². The van der Waals surface area contributed by atoms with Crippen LogP contribution in [0.2, 0.25) is 0 Å². The molecule has 5 heteroatoms. The second-order valence-corrected chi connectivity index (χ2v) is 3.07. The summed E-state index contributed by atoms with van der Waals surface area (Å²) in [5.41, 5.74) is 7.30. The zero-order valence-electron chi connectivity index (χ0n) is 8.70. The molecule has 78 valence electrons. The van der Waals surface area contributed by atoms with E-state index in [-0.39, 0.29) is 0 Å². The normalized spacial score (nSPS) is 10.2. The van der Waals surface area contributed by atoms with Gasteiger partial charge in [-0.05, 0) is 6.42 Å². The summed E-state index contributed by atoms with van der Waals surface area (Å²) in [7, 11) is 3.01. The van der Waals surface area contributed by atoms with Crippen molar-refractivity contribution in [2.45, 2.75) is 19.8 Å². The van der Waals surface area contributed by atoms with Crippen LogP contribution in [0, 0.1) is 0 Å². The van der Waals surface area contributed by atoms with Gasteiger partial charge in [-0.15, -0.1) is 0 Å². The van der Waals surface area contributed by atoms with Gasteiger partial charge in [-0.25, -0.2) is 4.79 Å². The highest BCUT2D eigenvalue weighted by Crippen LogP contribution is 2.18. The van der Waals surface area contributed by atoms with E-state index in [0.717, 1.165) is 18.5 Å². The summed E-state index contributed by atoms with van der Waals surface area (Å²) in [4.78, 5) is 11.3. The second kappa shape index (κ2) is 4.13. The first-order valence-electron chi connectivity index (χ1n) is 4.51. The summed E-state index contributed by atoms with van der Waals surface area (Å²) in [5, 5.41) is 4.16. The molecule has 0 amide bonds. The molecule has 1 aromatic heterocycles. The van der Waals surface area contributed by atoms with E-state index in [1.165, 1.54) is 11.8 Å². The lowest BCUT2D eigenvalue weighted by molar-refractivity contribution is 0.0589. The fourth-order valence-corrected chi connectivity index (χ4v) is 1.36. The van der Waals surface area contributed by atoms with Crippen LogP contribution in [0.4, 0.5) is 5.69 Å². The number of carbonyl (C=O) groups excluding carboxylic acids is 1. The Kier molecular flexibility index (Phi) is 3.11. The maximum Gasteiger partial charge on any atom is 0.358 e. The average molecular weight is 197 g/mol. The van der Waals surface area contributed by atoms with Gasteiger partial charge in [-0.1, -0.05) is 13.3 Å². The maximum atomic E-state index is 11.3. The molecule has 0 spiro atoms. The lowest BCUT2D eigenvalue weighted by atomic mass is 10.2. The largest absolute Gasteiger partial charge is 0.464 e. The molecule has 0 atom stereocenters. The Balaban J connectivity index is 3.11. The van der Waals surface area contributed by atoms with Crippen molar-refractivity contribution in [1.82, 2.24) is 9.78 Å². The molecule has 5 nitrogen and oxygen atoms in total. The Morgan fingerprint density at radius 1 is 1.64 bits per heavy atom. The van der Waals surface area contributed by atoms with Gasteiger partial charge in [0.15, 0.2) is 5.69 Å². The molecular formula is C9H15N3O2. The second-order valence-electron chi connectivity index (χ2n) is 3.07. The predicted octanol–water partition coefficient (Wildman–Crippen LogP) is 0.741. The number of ether oxygens (including phenoxy) is 1. The third-order valence-corrected chi connectivity index (χ3v) is 2.03. The Morgan fingerprint density at radius 3 is 2.79 bits per heavy atom. The van der Waals surface area contributed by atoms with E-state index in [1.54, 1.807) is 7.05 Å². The Hall–Kier alpha value is -1.52. The highest BCUT2D eigenvalue weighted by molar-refractivity contribution is 5.93. The fourth-order valence-electron chi connectivity index (χ4n) is 1.36. The molecule has 0 radical (unpaired) electrons. The van der Waals surface area contributed by atoms with Crippen LogP contribution in [-0.4, -0.2) is 22.9 Å². The number of esters is 1. The number of nitrogens with zero attached hydrogens (tertiary/aromatic N) is 2. The van der Waals surface area contributed by atoms with Gasteiger partial charge in [-0.2, -0.15) is 5.10 Å². The minimum absolute atomic E-state index is 0.330. The summed E-state index contributed by atoms with van der Waals surface area (Å²) >= 11 is 0. The van der Waals surface area contributed by atoms with Gasteiger partial charge < -0.3 is 10.5 Å². The van der Waals surface area contributed by atoms with Crippen LogP contribution < -0.4 is 5.73 Å². The highest BCUT2D eigenvalue weighted by atomic mass is 16.5. The molecule has 0 saturated heterocycles. The number of nitrogen functional groups attached to an aromatic ring is 1. The molecule has 1 heterocycles. The number of methoxy groups -OCH3 is 1. The number of rotatable bonds is 3. The number of anilines is 1. The number of nitrogens with two attached hydrogens (primary N) is 1. The number of carbonyl (C=O) groups is 1. The van der Waals surface area contributed by atoms with E-state index < -0.39 is 5.97 Å². The van der Waals surface area contributed by atoms with Crippen LogP contribution in [-0.2, 0) is 18.2 Å². The first-order valence-corrected chi connectivity index (χ1v) is 4.51. The van der Waals surface area contributed by atoms with Crippen molar-refractivity contribution < 1.29 is 9.53 Å². The third-order valence-electron chi connectivity index (χ3n) is 2.03. The number of hydrogen-bond donors (Lipinski definition) is 1. The van der Waals surface area contributed by atoms with Gasteiger partial charge in [0.05, 0.1) is 18.5 Å². The van der Waals surface area contributed by atoms with Crippen molar-refractivity contribution in [3.05, 3.63) is 11.4 Å². The monoisotopic (exact) mass is 197 g/mol. The quantitative estimate of drug-likeness (QED) is 0.725. The predicted molar refractivity (Wildman–Crippen MR) is 53.0 cm³/mol. The van der Waals surface area contributed by atoms with Crippen LogP contribution in [0.5, 0.6) is 0 Å². The molecule has 0 fully saturated rings. The van der Waals surface area contributed by atoms with Crippen molar-refractivity contribution in [3.8, 4) is 0 Å². The van der Waals surface area contributed by atoms with Gasteiger partial charge in [0, 0.05) is 7.05 Å². The highest BCUT2D eigenvalue weighted by Gasteiger charge is 2.19. The summed E-state index contributed by atoms with van der Waals surface area (Å²) in [5.74, 6) is -0.445. The molecule has 2 N–H and O–H groups in total. The molecule has 0 saturated carbocycles. The van der Waals surface area contributed by atoms with Gasteiger partial charge in [0.2, 0.25) is 0 Å². The number of aryl methyl sites for hydroxylation is 2. The first kappa shape index (κ1) is 10.6. The summed E-state index contributed by atoms with van der Waals surface area (Å²) < 4.78 is 6.07. The van der Waals surface area contributed by atoms with Crippen molar-refractivity contribution in [2.24, 2.45) is 7.05 Å². The summed E-state index contributed by atoms with van der Waals surface area (Å²) in [6, 6.07) is 0. The van der Waals surface area contributed by atoms with Crippen LogP contribution in [0.3, 0.4) is 0 Å². The van der Waals surface area contributed by atoms with Crippen molar-refractivity contribution in [3.63, 3.8) is 0 Å².